The zero-order valence-corrected chi connectivity index (χ0v) is 28.8. The van der Waals surface area contributed by atoms with Gasteiger partial charge in [-0.2, -0.15) is 26.3 Å². The predicted octanol–water partition coefficient (Wildman–Crippen LogP) is 7.49. The van der Waals surface area contributed by atoms with Gasteiger partial charge in [0.1, 0.15) is 6.10 Å². The molecule has 2 fully saturated rings. The molecule has 2 aromatic heterocycles. The van der Waals surface area contributed by atoms with Gasteiger partial charge in [-0.15, -0.1) is 0 Å². The summed E-state index contributed by atoms with van der Waals surface area (Å²) < 4.78 is 98.7. The predicted molar refractivity (Wildman–Crippen MR) is 177 cm³/mol. The number of pyridine rings is 1. The van der Waals surface area contributed by atoms with Crippen LogP contribution >= 0.6 is 0 Å². The number of carboxylic acids is 1. The lowest BCUT2D eigenvalue weighted by Crippen LogP contribution is -2.38. The minimum absolute atomic E-state index is 0.0160. The molecule has 17 heteroatoms. The van der Waals surface area contributed by atoms with Gasteiger partial charge in [0.2, 0.25) is 11.8 Å². The van der Waals surface area contributed by atoms with E-state index in [9.17, 15) is 41.0 Å². The van der Waals surface area contributed by atoms with Crippen molar-refractivity contribution in [1.82, 2.24) is 19.9 Å². The van der Waals surface area contributed by atoms with Gasteiger partial charge in [-0.05, 0) is 79.4 Å². The molecule has 280 valence electrons. The molecule has 0 radical (unpaired) electrons. The van der Waals surface area contributed by atoms with Crippen LogP contribution in [0.4, 0.5) is 37.1 Å². The molecule has 1 amide bonds. The van der Waals surface area contributed by atoms with Gasteiger partial charge in [-0.3, -0.25) is 4.90 Å². The summed E-state index contributed by atoms with van der Waals surface area (Å²) in [7, 11) is 1.40. The van der Waals surface area contributed by atoms with Crippen molar-refractivity contribution in [2.75, 3.05) is 38.3 Å². The molecule has 2 aromatic carbocycles. The van der Waals surface area contributed by atoms with Gasteiger partial charge in [0.15, 0.2) is 0 Å². The van der Waals surface area contributed by atoms with Gasteiger partial charge in [0.25, 0.3) is 0 Å². The number of carbonyl (C=O) groups excluding carboxylic acids is 1. The molecule has 0 bridgehead atoms. The topological polar surface area (TPSA) is 127 Å². The van der Waals surface area contributed by atoms with E-state index < -0.39 is 53.3 Å². The van der Waals surface area contributed by atoms with Crippen molar-refractivity contribution in [3.05, 3.63) is 87.9 Å². The number of morpholine rings is 1. The summed E-state index contributed by atoms with van der Waals surface area (Å²) >= 11 is 0. The number of aryl methyl sites for hydroxylation is 2. The summed E-state index contributed by atoms with van der Waals surface area (Å²) in [6.07, 6.45) is -9.55. The lowest BCUT2D eigenvalue weighted by atomic mass is 9.92. The Hall–Kier alpha value is -5.45. The molecule has 4 aromatic rings. The van der Waals surface area contributed by atoms with E-state index in [1.54, 1.807) is 38.2 Å². The van der Waals surface area contributed by atoms with E-state index >= 15 is 0 Å². The number of ether oxygens (including phenoxy) is 3. The van der Waals surface area contributed by atoms with Crippen molar-refractivity contribution in [1.29, 1.82) is 0 Å². The smallest absolute Gasteiger partial charge is 0.416 e. The van der Waals surface area contributed by atoms with E-state index in [1.165, 1.54) is 25.1 Å². The molecule has 6 rings (SSSR count). The van der Waals surface area contributed by atoms with Crippen LogP contribution in [0.15, 0.2) is 48.8 Å². The van der Waals surface area contributed by atoms with E-state index in [1.807, 2.05) is 4.90 Å². The maximum Gasteiger partial charge on any atom is 0.416 e. The van der Waals surface area contributed by atoms with Gasteiger partial charge in [-0.25, -0.2) is 24.5 Å². The molecule has 53 heavy (non-hydrogen) atoms. The maximum atomic E-state index is 13.7. The summed E-state index contributed by atoms with van der Waals surface area (Å²) in [6, 6.07) is 4.92. The molecule has 1 N–H and O–H groups in total. The van der Waals surface area contributed by atoms with E-state index in [0.717, 1.165) is 5.56 Å². The Morgan fingerprint density at radius 3 is 2.11 bits per heavy atom. The normalized spacial score (nSPS) is 18.0. The number of aromatic nitrogens is 3. The molecular weight excluding hydrogens is 712 g/mol. The molecule has 0 spiro atoms. The number of hydrogen-bond donors (Lipinski definition) is 1. The minimum Gasteiger partial charge on any atom is -0.481 e. The van der Waals surface area contributed by atoms with Crippen LogP contribution in [0.5, 0.6) is 5.88 Å². The van der Waals surface area contributed by atoms with Gasteiger partial charge >= 0.3 is 24.4 Å². The quantitative estimate of drug-likeness (QED) is 0.181. The largest absolute Gasteiger partial charge is 0.481 e. The van der Waals surface area contributed by atoms with E-state index in [2.05, 4.69) is 9.97 Å². The summed E-state index contributed by atoms with van der Waals surface area (Å²) in [4.78, 5) is 42.0. The zero-order valence-electron chi connectivity index (χ0n) is 28.8. The highest BCUT2D eigenvalue weighted by Crippen LogP contribution is 2.42. The van der Waals surface area contributed by atoms with Crippen LogP contribution in [-0.4, -0.2) is 76.5 Å². The second kappa shape index (κ2) is 14.2. The number of rotatable bonds is 8. The second-order valence-corrected chi connectivity index (χ2v) is 12.7. The molecule has 11 nitrogen and oxygen atoms in total. The number of anilines is 1. The number of nitrogens with zero attached hydrogens (tertiary/aromatic N) is 5. The van der Waals surface area contributed by atoms with Gasteiger partial charge in [-0.1, -0.05) is 0 Å². The Morgan fingerprint density at radius 1 is 0.925 bits per heavy atom. The van der Waals surface area contributed by atoms with Crippen LogP contribution in [0, 0.1) is 13.8 Å². The Balaban J connectivity index is 1.44. The van der Waals surface area contributed by atoms with Crippen molar-refractivity contribution in [2.45, 2.75) is 51.8 Å². The molecule has 2 unspecified atom stereocenters. The molecular formula is C36H33F6N5O6. The first-order valence-electron chi connectivity index (χ1n) is 16.3. The average Bonchev–Trinajstić information content (AvgIpc) is 3.39. The molecule has 0 aliphatic carbocycles. The standard InChI is InChI=1S/C36H33F6N5O6/c1-18-9-22(32(48)49)10-19(2)29(18)23-13-26(31(51-4)43-15-23)27-16-44-33(46-5-7-52-8-6-46)45-28(27)17-47-20(3)30(53-34(47)50)21-11-24(35(37,38)39)14-25(12-21)36(40,41)42/h9-16,20,30H,5-8,17H2,1-4H3,(H,48,49). The van der Waals surface area contributed by atoms with Gasteiger partial charge in [0.05, 0.1) is 55.3 Å². The third kappa shape index (κ3) is 7.56. The van der Waals surface area contributed by atoms with Crippen molar-refractivity contribution >= 4 is 18.0 Å². The SMILES string of the molecule is COc1ncc(-c2c(C)cc(C(=O)O)cc2C)cc1-c1cnc(N2CCOCC2)nc1CN1C(=O)OC(c2cc(C(F)(F)F)cc(C(F)(F)F)c2)C1C. The summed E-state index contributed by atoms with van der Waals surface area (Å²) in [5.41, 5.74) is 0.289. The van der Waals surface area contributed by atoms with Crippen LogP contribution in [0.1, 0.15) is 56.9 Å². The van der Waals surface area contributed by atoms with E-state index in [-0.39, 0.29) is 29.7 Å². The average molecular weight is 746 g/mol. The fraction of sp³-hybridized carbons (Fsp3) is 0.361. The lowest BCUT2D eigenvalue weighted by molar-refractivity contribution is -0.143. The summed E-state index contributed by atoms with van der Waals surface area (Å²) in [5, 5.41) is 9.55. The van der Waals surface area contributed by atoms with Crippen LogP contribution < -0.4 is 9.64 Å². The minimum atomic E-state index is -5.09. The van der Waals surface area contributed by atoms with Crippen molar-refractivity contribution < 1.29 is 55.2 Å². The third-order valence-electron chi connectivity index (χ3n) is 9.20. The number of hydrogen-bond acceptors (Lipinski definition) is 9. The van der Waals surface area contributed by atoms with Crippen molar-refractivity contribution in [3.63, 3.8) is 0 Å². The Kier molecular flexibility index (Phi) is 9.98. The molecule has 2 saturated heterocycles. The first-order chi connectivity index (χ1) is 25.0. The first-order valence-corrected chi connectivity index (χ1v) is 16.3. The first kappa shape index (κ1) is 37.3. The highest BCUT2D eigenvalue weighted by Gasteiger charge is 2.44. The molecule has 2 aliphatic rings. The fourth-order valence-corrected chi connectivity index (χ4v) is 6.62. The zero-order chi connectivity index (χ0) is 38.4. The van der Waals surface area contributed by atoms with E-state index in [0.29, 0.717) is 72.2 Å². The molecule has 4 heterocycles. The molecule has 2 aliphatic heterocycles. The Morgan fingerprint density at radius 2 is 1.55 bits per heavy atom. The van der Waals surface area contributed by atoms with Crippen LogP contribution in [0.25, 0.3) is 22.3 Å². The number of carbonyl (C=O) groups is 2. The summed E-state index contributed by atoms with van der Waals surface area (Å²) in [6.45, 7) is 6.46. The van der Waals surface area contributed by atoms with Crippen molar-refractivity contribution in [2.24, 2.45) is 0 Å². The highest BCUT2D eigenvalue weighted by atomic mass is 19.4. The number of carboxylic acid groups (broad SMARTS) is 1. The number of benzene rings is 2. The Labute approximate surface area is 299 Å². The van der Waals surface area contributed by atoms with Gasteiger partial charge in [0, 0.05) is 42.2 Å². The van der Waals surface area contributed by atoms with Crippen LogP contribution in [0.3, 0.4) is 0 Å². The van der Waals surface area contributed by atoms with E-state index in [4.69, 9.17) is 19.2 Å². The highest BCUT2D eigenvalue weighted by molar-refractivity contribution is 5.90. The van der Waals surface area contributed by atoms with Crippen LogP contribution in [-0.2, 0) is 28.4 Å². The number of alkyl halides is 6. The summed E-state index contributed by atoms with van der Waals surface area (Å²) in [5.74, 6) is -0.617. The van der Waals surface area contributed by atoms with Crippen LogP contribution in [0.2, 0.25) is 0 Å². The number of methoxy groups -OCH3 is 1. The monoisotopic (exact) mass is 745 g/mol. The lowest BCUT2D eigenvalue weighted by Gasteiger charge is -2.28. The number of halogens is 6. The third-order valence-corrected chi connectivity index (χ3v) is 9.20. The van der Waals surface area contributed by atoms with Crippen molar-refractivity contribution in [3.8, 4) is 28.1 Å². The fourth-order valence-electron chi connectivity index (χ4n) is 6.62. The Bertz CT molecular complexity index is 2010. The number of aromatic carboxylic acids is 1. The molecule has 0 saturated carbocycles. The molecule has 2 atom stereocenters. The van der Waals surface area contributed by atoms with Gasteiger partial charge < -0.3 is 24.2 Å². The maximum absolute atomic E-state index is 13.7. The number of cyclic esters (lactones) is 1. The second-order valence-electron chi connectivity index (χ2n) is 12.7. The number of amides is 1.